The van der Waals surface area contributed by atoms with Crippen LogP contribution in [0.4, 0.5) is 5.13 Å². The number of amides is 1. The average molecular weight is 271 g/mol. The van der Waals surface area contributed by atoms with Gasteiger partial charge in [0.1, 0.15) is 0 Å². The van der Waals surface area contributed by atoms with Crippen molar-refractivity contribution in [3.8, 4) is 0 Å². The van der Waals surface area contributed by atoms with Gasteiger partial charge in [-0.2, -0.15) is 0 Å². The summed E-state index contributed by atoms with van der Waals surface area (Å²) in [4.78, 5) is 14.0. The maximum Gasteiger partial charge on any atom is 0.282 e. The Bertz CT molecular complexity index is 379. The van der Waals surface area contributed by atoms with Gasteiger partial charge in [-0.05, 0) is 33.9 Å². The Labute approximate surface area is 112 Å². The summed E-state index contributed by atoms with van der Waals surface area (Å²) in [5.41, 5.74) is 0. The summed E-state index contributed by atoms with van der Waals surface area (Å²) in [7, 11) is 3.83. The number of carbonyl (C=O) groups excluding carboxylic acids is 1. The first kappa shape index (κ1) is 14.8. The molecule has 1 aromatic rings. The molecular weight excluding hydrogens is 250 g/mol. The molecule has 1 amide bonds. The maximum absolute atomic E-state index is 11.7. The first-order valence-electron chi connectivity index (χ1n) is 6.04. The molecule has 1 heterocycles. The molecule has 1 rings (SSSR count). The molecule has 0 bridgehead atoms. The van der Waals surface area contributed by atoms with E-state index in [1.54, 1.807) is 7.05 Å². The topological polar surface area (TPSA) is 70.1 Å². The molecule has 0 saturated carbocycles. The monoisotopic (exact) mass is 271 g/mol. The largest absolute Gasteiger partial charge is 0.363 e. The molecule has 0 aliphatic heterocycles. The van der Waals surface area contributed by atoms with Crippen LogP contribution >= 0.6 is 11.3 Å². The van der Waals surface area contributed by atoms with Gasteiger partial charge in [-0.15, -0.1) is 10.2 Å². The van der Waals surface area contributed by atoms with E-state index in [9.17, 15) is 4.79 Å². The number of hydrogen-bond donors (Lipinski definition) is 2. The highest BCUT2D eigenvalue weighted by molar-refractivity contribution is 7.17. The minimum Gasteiger partial charge on any atom is -0.363 e. The molecule has 7 heteroatoms. The van der Waals surface area contributed by atoms with Crippen LogP contribution in [0.5, 0.6) is 0 Å². The van der Waals surface area contributed by atoms with Crippen LogP contribution in [0.1, 0.15) is 30.1 Å². The van der Waals surface area contributed by atoms with Crippen LogP contribution in [0.25, 0.3) is 0 Å². The van der Waals surface area contributed by atoms with E-state index in [1.807, 2.05) is 0 Å². The van der Waals surface area contributed by atoms with Crippen LogP contribution in [0.15, 0.2) is 0 Å². The maximum atomic E-state index is 11.7. The van der Waals surface area contributed by atoms with Crippen molar-refractivity contribution in [2.45, 2.75) is 26.3 Å². The zero-order chi connectivity index (χ0) is 13.5. The lowest BCUT2D eigenvalue weighted by atomic mass is 10.3. The molecular formula is C11H21N5OS. The number of anilines is 1. The van der Waals surface area contributed by atoms with E-state index in [1.165, 1.54) is 11.3 Å². The van der Waals surface area contributed by atoms with Crippen LogP contribution in [0.3, 0.4) is 0 Å². The molecule has 0 aliphatic carbocycles. The highest BCUT2D eigenvalue weighted by Crippen LogP contribution is 2.13. The second kappa shape index (κ2) is 7.27. The predicted octanol–water partition coefficient (Wildman–Crippen LogP) is 1.04. The lowest BCUT2D eigenvalue weighted by molar-refractivity contribution is 0.0950. The lowest BCUT2D eigenvalue weighted by Gasteiger charge is -2.20. The summed E-state index contributed by atoms with van der Waals surface area (Å²) in [6.45, 7) is 5.93. The van der Waals surface area contributed by atoms with Gasteiger partial charge in [0.2, 0.25) is 10.1 Å². The van der Waals surface area contributed by atoms with E-state index in [4.69, 9.17) is 0 Å². The van der Waals surface area contributed by atoms with Crippen molar-refractivity contribution in [2.24, 2.45) is 0 Å². The Morgan fingerprint density at radius 2 is 2.17 bits per heavy atom. The molecule has 18 heavy (non-hydrogen) atoms. The Hall–Kier alpha value is -1.21. The molecule has 6 nitrogen and oxygen atoms in total. The first-order chi connectivity index (χ1) is 8.54. The van der Waals surface area contributed by atoms with Crippen molar-refractivity contribution >= 4 is 22.4 Å². The molecule has 0 aliphatic rings. The normalized spacial score (nSPS) is 11.0. The summed E-state index contributed by atoms with van der Waals surface area (Å²) in [6, 6.07) is 0.530. The standard InChI is InChI=1S/C11H21N5OS/c1-8(2)16(4)7-5-6-13-9(17)10-14-15-11(12-3)18-10/h8H,5-7H2,1-4H3,(H,12,15)(H,13,17). The minimum atomic E-state index is -0.152. The zero-order valence-corrected chi connectivity index (χ0v) is 12.2. The molecule has 2 N–H and O–H groups in total. The summed E-state index contributed by atoms with van der Waals surface area (Å²) >= 11 is 1.25. The van der Waals surface area contributed by atoms with Crippen molar-refractivity contribution in [3.05, 3.63) is 5.01 Å². The second-order valence-electron chi connectivity index (χ2n) is 4.35. The van der Waals surface area contributed by atoms with Crippen LogP contribution in [-0.2, 0) is 0 Å². The quantitative estimate of drug-likeness (QED) is 0.725. The number of nitrogens with zero attached hydrogens (tertiary/aromatic N) is 3. The number of carbonyl (C=O) groups is 1. The van der Waals surface area contributed by atoms with Gasteiger partial charge >= 0.3 is 0 Å². The van der Waals surface area contributed by atoms with Crippen molar-refractivity contribution in [1.29, 1.82) is 0 Å². The van der Waals surface area contributed by atoms with Crippen molar-refractivity contribution in [1.82, 2.24) is 20.4 Å². The molecule has 0 unspecified atom stereocenters. The van der Waals surface area contributed by atoms with Gasteiger partial charge in [-0.25, -0.2) is 0 Å². The Morgan fingerprint density at radius 3 is 2.72 bits per heavy atom. The van der Waals surface area contributed by atoms with Crippen molar-refractivity contribution in [2.75, 3.05) is 32.5 Å². The summed E-state index contributed by atoms with van der Waals surface area (Å²) < 4.78 is 0. The summed E-state index contributed by atoms with van der Waals surface area (Å²) in [6.07, 6.45) is 0.929. The first-order valence-corrected chi connectivity index (χ1v) is 6.86. The fourth-order valence-electron chi connectivity index (χ4n) is 1.28. The molecule has 1 aromatic heterocycles. The molecule has 0 saturated heterocycles. The van der Waals surface area contributed by atoms with Gasteiger partial charge < -0.3 is 15.5 Å². The van der Waals surface area contributed by atoms with E-state index in [0.717, 1.165) is 13.0 Å². The van der Waals surface area contributed by atoms with E-state index in [0.29, 0.717) is 22.7 Å². The number of nitrogens with one attached hydrogen (secondary N) is 2. The van der Waals surface area contributed by atoms with Crippen LogP contribution in [-0.4, -0.2) is 54.2 Å². The van der Waals surface area contributed by atoms with Gasteiger partial charge in [0.25, 0.3) is 5.91 Å². The third-order valence-corrected chi connectivity index (χ3v) is 3.63. The third-order valence-electron chi connectivity index (χ3n) is 2.69. The molecule has 0 aromatic carbocycles. The number of aromatic nitrogens is 2. The van der Waals surface area contributed by atoms with Crippen LogP contribution in [0.2, 0.25) is 0 Å². The SMILES string of the molecule is CNc1nnc(C(=O)NCCCN(C)C(C)C)s1. The fourth-order valence-corrected chi connectivity index (χ4v) is 1.89. The highest BCUT2D eigenvalue weighted by atomic mass is 32.1. The summed E-state index contributed by atoms with van der Waals surface area (Å²) in [5.74, 6) is -0.152. The number of rotatable bonds is 7. The van der Waals surface area contributed by atoms with Gasteiger partial charge in [0.05, 0.1) is 0 Å². The average Bonchev–Trinajstić information content (AvgIpc) is 2.82. The Morgan fingerprint density at radius 1 is 1.44 bits per heavy atom. The second-order valence-corrected chi connectivity index (χ2v) is 5.32. The van der Waals surface area contributed by atoms with Gasteiger partial charge in [-0.1, -0.05) is 11.3 Å². The minimum absolute atomic E-state index is 0.152. The lowest BCUT2D eigenvalue weighted by Crippen LogP contribution is -2.31. The highest BCUT2D eigenvalue weighted by Gasteiger charge is 2.11. The van der Waals surface area contributed by atoms with Crippen molar-refractivity contribution < 1.29 is 4.79 Å². The van der Waals surface area contributed by atoms with E-state index in [2.05, 4.69) is 46.6 Å². The predicted molar refractivity (Wildman–Crippen MR) is 74.2 cm³/mol. The van der Waals surface area contributed by atoms with E-state index < -0.39 is 0 Å². The zero-order valence-electron chi connectivity index (χ0n) is 11.4. The van der Waals surface area contributed by atoms with Gasteiger partial charge in [0, 0.05) is 19.6 Å². The van der Waals surface area contributed by atoms with Gasteiger partial charge in [0.15, 0.2) is 0 Å². The van der Waals surface area contributed by atoms with E-state index in [-0.39, 0.29) is 5.91 Å². The molecule has 0 spiro atoms. The Balaban J connectivity index is 2.25. The smallest absolute Gasteiger partial charge is 0.282 e. The molecule has 0 atom stereocenters. The fraction of sp³-hybridized carbons (Fsp3) is 0.727. The molecule has 102 valence electrons. The molecule has 0 fully saturated rings. The summed E-state index contributed by atoms with van der Waals surface area (Å²) in [5, 5.41) is 14.4. The number of hydrogen-bond acceptors (Lipinski definition) is 6. The van der Waals surface area contributed by atoms with E-state index >= 15 is 0 Å². The molecule has 0 radical (unpaired) electrons. The third kappa shape index (κ3) is 4.58. The van der Waals surface area contributed by atoms with Crippen LogP contribution < -0.4 is 10.6 Å². The van der Waals surface area contributed by atoms with Gasteiger partial charge in [-0.3, -0.25) is 4.79 Å². The van der Waals surface area contributed by atoms with Crippen LogP contribution in [0, 0.1) is 0 Å². The Kier molecular flexibility index (Phi) is 6.00. The van der Waals surface area contributed by atoms with Crippen molar-refractivity contribution in [3.63, 3.8) is 0 Å².